The molecule has 3 rings (SSSR count). The van der Waals surface area contributed by atoms with Gasteiger partial charge in [0, 0.05) is 30.7 Å². The average Bonchev–Trinajstić information content (AvgIpc) is 2.88. The quantitative estimate of drug-likeness (QED) is 0.219. The first kappa shape index (κ1) is 25.9. The zero-order valence-electron chi connectivity index (χ0n) is 19.7. The van der Waals surface area contributed by atoms with E-state index in [-0.39, 0.29) is 37.0 Å². The number of ether oxygens (including phenoxy) is 2. The number of hydrazone groups is 1. The molecule has 36 heavy (non-hydrogen) atoms. The lowest BCUT2D eigenvalue weighted by molar-refractivity contribution is -0.384. The van der Waals surface area contributed by atoms with Crippen molar-refractivity contribution in [3.8, 4) is 11.5 Å². The molecule has 2 N–H and O–H groups in total. The molecule has 2 amide bonds. The molecule has 0 radical (unpaired) electrons. The maximum Gasteiger partial charge on any atom is 0.269 e. The van der Waals surface area contributed by atoms with Crippen LogP contribution >= 0.6 is 0 Å². The van der Waals surface area contributed by atoms with Gasteiger partial charge in [-0.25, -0.2) is 5.43 Å². The van der Waals surface area contributed by atoms with Gasteiger partial charge in [-0.2, -0.15) is 5.10 Å². The van der Waals surface area contributed by atoms with E-state index < -0.39 is 4.92 Å². The van der Waals surface area contributed by atoms with Crippen molar-refractivity contribution in [1.82, 2.24) is 5.43 Å². The van der Waals surface area contributed by atoms with Gasteiger partial charge in [-0.1, -0.05) is 18.2 Å². The van der Waals surface area contributed by atoms with Crippen molar-refractivity contribution >= 4 is 29.4 Å². The Hall–Kier alpha value is -4.73. The van der Waals surface area contributed by atoms with Crippen LogP contribution in [0.25, 0.3) is 0 Å². The van der Waals surface area contributed by atoms with Crippen molar-refractivity contribution in [2.24, 2.45) is 5.10 Å². The normalized spacial score (nSPS) is 10.6. The zero-order valence-corrected chi connectivity index (χ0v) is 19.7. The largest absolute Gasteiger partial charge is 0.490 e. The molecule has 186 valence electrons. The summed E-state index contributed by atoms with van der Waals surface area (Å²) in [5, 5.41) is 17.4. The van der Waals surface area contributed by atoms with E-state index >= 15 is 0 Å². The van der Waals surface area contributed by atoms with Gasteiger partial charge in [0.2, 0.25) is 11.8 Å². The van der Waals surface area contributed by atoms with Crippen LogP contribution in [0.3, 0.4) is 0 Å². The molecule has 0 heterocycles. The molecule has 0 aliphatic carbocycles. The molecule has 3 aromatic carbocycles. The summed E-state index contributed by atoms with van der Waals surface area (Å²) in [5.41, 5.74) is 4.53. The van der Waals surface area contributed by atoms with E-state index in [1.54, 1.807) is 42.5 Å². The first-order valence-corrected chi connectivity index (χ1v) is 11.2. The van der Waals surface area contributed by atoms with Crippen LogP contribution in [0, 0.1) is 10.1 Å². The Balaban J connectivity index is 1.50. The van der Waals surface area contributed by atoms with Crippen LogP contribution in [-0.2, 0) is 16.2 Å². The Labute approximate surface area is 208 Å². The van der Waals surface area contributed by atoms with Gasteiger partial charge in [0.1, 0.15) is 6.61 Å². The van der Waals surface area contributed by atoms with Crippen LogP contribution in [0.4, 0.5) is 11.4 Å². The van der Waals surface area contributed by atoms with Gasteiger partial charge in [0.25, 0.3) is 5.69 Å². The molecule has 0 saturated heterocycles. The van der Waals surface area contributed by atoms with Gasteiger partial charge in [0.15, 0.2) is 11.5 Å². The molecule has 0 saturated carbocycles. The van der Waals surface area contributed by atoms with E-state index in [0.717, 1.165) is 5.56 Å². The van der Waals surface area contributed by atoms with Crippen LogP contribution in [-0.4, -0.2) is 29.6 Å². The number of nitrogens with zero attached hydrogens (tertiary/aromatic N) is 2. The molecule has 0 aromatic heterocycles. The number of rotatable bonds is 12. The smallest absolute Gasteiger partial charge is 0.269 e. The number of hydrogen-bond acceptors (Lipinski definition) is 7. The number of hydrogen-bond donors (Lipinski definition) is 2. The van der Waals surface area contributed by atoms with E-state index in [9.17, 15) is 19.7 Å². The van der Waals surface area contributed by atoms with Gasteiger partial charge < -0.3 is 14.8 Å². The Kier molecular flexibility index (Phi) is 9.51. The maximum absolute atomic E-state index is 12.0. The Bertz CT molecular complexity index is 1210. The third-order valence-electron chi connectivity index (χ3n) is 4.85. The highest BCUT2D eigenvalue weighted by Gasteiger charge is 2.09. The van der Waals surface area contributed by atoms with Crippen molar-refractivity contribution in [1.29, 1.82) is 0 Å². The molecule has 0 atom stereocenters. The molecule has 0 fully saturated rings. The van der Waals surface area contributed by atoms with Crippen LogP contribution < -0.4 is 20.2 Å². The minimum atomic E-state index is -0.455. The van der Waals surface area contributed by atoms with Crippen LogP contribution in [0.5, 0.6) is 11.5 Å². The molecule has 0 unspecified atom stereocenters. The first-order chi connectivity index (χ1) is 17.4. The van der Waals surface area contributed by atoms with Crippen molar-refractivity contribution in [3.63, 3.8) is 0 Å². The highest BCUT2D eigenvalue weighted by molar-refractivity contribution is 5.93. The topological polar surface area (TPSA) is 132 Å². The van der Waals surface area contributed by atoms with Gasteiger partial charge >= 0.3 is 0 Å². The number of nitro benzene ring substituents is 1. The predicted octanol–water partition coefficient (Wildman–Crippen LogP) is 4.44. The maximum atomic E-state index is 12.0. The Morgan fingerprint density at radius 1 is 0.944 bits per heavy atom. The van der Waals surface area contributed by atoms with Crippen molar-refractivity contribution < 1.29 is 24.0 Å². The van der Waals surface area contributed by atoms with Crippen LogP contribution in [0.1, 0.15) is 30.9 Å². The summed E-state index contributed by atoms with van der Waals surface area (Å²) < 4.78 is 11.5. The Morgan fingerprint density at radius 2 is 1.67 bits per heavy atom. The van der Waals surface area contributed by atoms with Gasteiger partial charge in [-0.15, -0.1) is 0 Å². The fourth-order valence-electron chi connectivity index (χ4n) is 3.07. The highest BCUT2D eigenvalue weighted by atomic mass is 16.6. The van der Waals surface area contributed by atoms with Crippen LogP contribution in [0.15, 0.2) is 77.9 Å². The standard InChI is InChI=1S/C26H26N4O6/c1-2-35-24-16-20(10-13-23(24)36-18-19-8-11-22(12-9-19)30(33)34)17-27-29-26(32)15-14-25(31)28-21-6-4-3-5-7-21/h3-13,16-17H,2,14-15,18H2,1H3,(H,28,31)(H,29,32). The van der Waals surface area contributed by atoms with Gasteiger partial charge in [-0.05, 0) is 60.5 Å². The van der Waals surface area contributed by atoms with Gasteiger partial charge in [0.05, 0.1) is 17.7 Å². The number of anilines is 1. The van der Waals surface area contributed by atoms with Crippen LogP contribution in [0.2, 0.25) is 0 Å². The number of nitro groups is 1. The second kappa shape index (κ2) is 13.2. The van der Waals surface area contributed by atoms with E-state index in [0.29, 0.717) is 29.4 Å². The molecule has 0 aliphatic rings. The van der Waals surface area contributed by atoms with E-state index in [1.165, 1.54) is 18.3 Å². The molecular weight excluding hydrogens is 464 g/mol. The average molecular weight is 491 g/mol. The number of carbonyl (C=O) groups is 2. The molecule has 10 heteroatoms. The van der Waals surface area contributed by atoms with Gasteiger partial charge in [-0.3, -0.25) is 19.7 Å². The summed E-state index contributed by atoms with van der Waals surface area (Å²) in [7, 11) is 0. The number of nitrogens with one attached hydrogen (secondary N) is 2. The molecule has 0 aliphatic heterocycles. The van der Waals surface area contributed by atoms with Crippen molar-refractivity contribution in [3.05, 3.63) is 94.0 Å². The van der Waals surface area contributed by atoms with E-state index in [2.05, 4.69) is 15.8 Å². The summed E-state index contributed by atoms with van der Waals surface area (Å²) >= 11 is 0. The number of amides is 2. The lowest BCUT2D eigenvalue weighted by Crippen LogP contribution is -2.20. The summed E-state index contributed by atoms with van der Waals surface area (Å²) in [6.07, 6.45) is 1.49. The zero-order chi connectivity index (χ0) is 25.8. The lowest BCUT2D eigenvalue weighted by atomic mass is 10.2. The monoisotopic (exact) mass is 490 g/mol. The second-order valence-corrected chi connectivity index (χ2v) is 7.56. The summed E-state index contributed by atoms with van der Waals surface area (Å²) in [6.45, 7) is 2.46. The third kappa shape index (κ3) is 8.24. The fourth-order valence-corrected chi connectivity index (χ4v) is 3.07. The summed E-state index contributed by atoms with van der Waals surface area (Å²) in [5.74, 6) is 0.349. The molecule has 3 aromatic rings. The molecule has 10 nitrogen and oxygen atoms in total. The number of carbonyl (C=O) groups excluding carboxylic acids is 2. The van der Waals surface area contributed by atoms with Crippen molar-refractivity contribution in [2.45, 2.75) is 26.4 Å². The predicted molar refractivity (Wildman–Crippen MR) is 135 cm³/mol. The lowest BCUT2D eigenvalue weighted by Gasteiger charge is -2.12. The first-order valence-electron chi connectivity index (χ1n) is 11.2. The summed E-state index contributed by atoms with van der Waals surface area (Å²) in [6, 6.07) is 20.3. The van der Waals surface area contributed by atoms with E-state index in [1.807, 2.05) is 25.1 Å². The minimum Gasteiger partial charge on any atom is -0.490 e. The third-order valence-corrected chi connectivity index (χ3v) is 4.85. The SMILES string of the molecule is CCOc1cc(C=NNC(=O)CCC(=O)Nc2ccccc2)ccc1OCc1ccc([N+](=O)[O-])cc1. The second-order valence-electron chi connectivity index (χ2n) is 7.56. The fraction of sp³-hybridized carbons (Fsp3) is 0.192. The molecular formula is C26H26N4O6. The van der Waals surface area contributed by atoms with Crippen molar-refractivity contribution in [2.75, 3.05) is 11.9 Å². The minimum absolute atomic E-state index is 0.00434. The molecule has 0 spiro atoms. The van der Waals surface area contributed by atoms with E-state index in [4.69, 9.17) is 9.47 Å². The number of para-hydroxylation sites is 1. The highest BCUT2D eigenvalue weighted by Crippen LogP contribution is 2.29. The Morgan fingerprint density at radius 3 is 2.36 bits per heavy atom. The molecule has 0 bridgehead atoms. The summed E-state index contributed by atoms with van der Waals surface area (Å²) in [4.78, 5) is 34.3. The number of benzene rings is 3. The number of non-ortho nitro benzene ring substituents is 1.